The zero-order valence-corrected chi connectivity index (χ0v) is 11.6. The van der Waals surface area contributed by atoms with Crippen molar-refractivity contribution in [1.29, 1.82) is 0 Å². The molecule has 1 N–H and O–H groups in total. The first-order valence-electron chi connectivity index (χ1n) is 5.86. The van der Waals surface area contributed by atoms with Crippen molar-refractivity contribution in [2.45, 2.75) is 26.4 Å². The highest BCUT2D eigenvalue weighted by Gasteiger charge is 2.18. The minimum atomic E-state index is -0.453. The smallest absolute Gasteiger partial charge is 0.0836 e. The zero-order valence-electron chi connectivity index (χ0n) is 10.0. The van der Waals surface area contributed by atoms with E-state index in [1.807, 2.05) is 24.3 Å². The van der Waals surface area contributed by atoms with Crippen molar-refractivity contribution in [2.75, 3.05) is 0 Å². The van der Waals surface area contributed by atoms with E-state index < -0.39 is 6.10 Å². The van der Waals surface area contributed by atoms with Crippen molar-refractivity contribution in [1.82, 2.24) is 4.98 Å². The molecule has 0 aliphatic heterocycles. The lowest BCUT2D eigenvalue weighted by atomic mass is 9.93. The van der Waals surface area contributed by atoms with E-state index >= 15 is 0 Å². The summed E-state index contributed by atoms with van der Waals surface area (Å²) in [6.07, 6.45) is 2.26. The fraction of sp³-hybridized carbons (Fsp3) is 0.357. The molecule has 0 fully saturated rings. The Balaban J connectivity index is 2.59. The first kappa shape index (κ1) is 12.5. The molecule has 0 aliphatic carbocycles. The lowest BCUT2D eigenvalue weighted by Gasteiger charge is -2.19. The van der Waals surface area contributed by atoms with Gasteiger partial charge in [0.15, 0.2) is 0 Å². The number of aliphatic hydroxyl groups excluding tert-OH is 1. The molecule has 0 bridgehead atoms. The topological polar surface area (TPSA) is 33.1 Å². The van der Waals surface area contributed by atoms with Crippen LogP contribution in [0.4, 0.5) is 0 Å². The number of halogens is 1. The second-order valence-corrected chi connectivity index (χ2v) is 5.22. The molecule has 2 aromatic rings. The highest BCUT2D eigenvalue weighted by molar-refractivity contribution is 9.10. The molecule has 90 valence electrons. The fourth-order valence-electron chi connectivity index (χ4n) is 1.93. The van der Waals surface area contributed by atoms with Crippen molar-refractivity contribution in [3.63, 3.8) is 0 Å². The Labute approximate surface area is 110 Å². The first-order valence-corrected chi connectivity index (χ1v) is 6.65. The molecule has 0 saturated heterocycles. The van der Waals surface area contributed by atoms with Crippen LogP contribution in [-0.2, 0) is 0 Å². The molecular formula is C14H16BrNO. The van der Waals surface area contributed by atoms with E-state index in [4.69, 9.17) is 0 Å². The van der Waals surface area contributed by atoms with Gasteiger partial charge in [0.05, 0.1) is 11.6 Å². The van der Waals surface area contributed by atoms with Crippen molar-refractivity contribution < 1.29 is 5.11 Å². The first-order chi connectivity index (χ1) is 8.15. The summed E-state index contributed by atoms with van der Waals surface area (Å²) in [6, 6.07) is 7.85. The van der Waals surface area contributed by atoms with E-state index in [1.54, 1.807) is 6.20 Å². The van der Waals surface area contributed by atoms with Crippen LogP contribution in [0, 0.1) is 5.92 Å². The number of hydrogen-bond donors (Lipinski definition) is 1. The third-order valence-corrected chi connectivity index (χ3v) is 3.94. The average Bonchev–Trinajstić information content (AvgIpc) is 2.38. The molecule has 0 spiro atoms. The Hall–Kier alpha value is -0.930. The quantitative estimate of drug-likeness (QED) is 0.925. The van der Waals surface area contributed by atoms with Crippen LogP contribution < -0.4 is 0 Å². The molecule has 1 aromatic carbocycles. The number of hydrogen-bond acceptors (Lipinski definition) is 2. The predicted molar refractivity (Wildman–Crippen MR) is 73.9 cm³/mol. The second-order valence-electron chi connectivity index (χ2n) is 4.37. The molecule has 2 atom stereocenters. The standard InChI is InChI=1S/C14H16BrNO/c1-3-9(2)14(17)11-6-7-12(15)10-5-4-8-16-13(10)11/h4-9,14,17H,3H2,1-2H3. The minimum Gasteiger partial charge on any atom is -0.388 e. The van der Waals surface area contributed by atoms with E-state index in [-0.39, 0.29) is 5.92 Å². The normalized spacial score (nSPS) is 14.8. The average molecular weight is 294 g/mol. The summed E-state index contributed by atoms with van der Waals surface area (Å²) in [6.45, 7) is 4.14. The third kappa shape index (κ3) is 2.35. The van der Waals surface area contributed by atoms with Crippen molar-refractivity contribution >= 4 is 26.8 Å². The summed E-state index contributed by atoms with van der Waals surface area (Å²) in [4.78, 5) is 4.39. The van der Waals surface area contributed by atoms with E-state index in [2.05, 4.69) is 34.8 Å². The maximum Gasteiger partial charge on any atom is 0.0836 e. The molecule has 2 unspecified atom stereocenters. The van der Waals surface area contributed by atoms with Gasteiger partial charge < -0.3 is 5.11 Å². The van der Waals surface area contributed by atoms with Gasteiger partial charge in [0.1, 0.15) is 0 Å². The SMILES string of the molecule is CCC(C)C(O)c1ccc(Br)c2cccnc12. The Morgan fingerprint density at radius 2 is 2.12 bits per heavy atom. The van der Waals surface area contributed by atoms with Crippen molar-refractivity contribution in [2.24, 2.45) is 5.92 Å². The predicted octanol–water partition coefficient (Wildman–Crippen LogP) is 4.08. The van der Waals surface area contributed by atoms with Crippen LogP contribution in [0.1, 0.15) is 31.9 Å². The highest BCUT2D eigenvalue weighted by Crippen LogP contribution is 2.32. The van der Waals surface area contributed by atoms with Crippen molar-refractivity contribution in [3.05, 3.63) is 40.5 Å². The van der Waals surface area contributed by atoms with Gasteiger partial charge in [0, 0.05) is 21.6 Å². The molecular weight excluding hydrogens is 278 g/mol. The molecule has 3 heteroatoms. The minimum absolute atomic E-state index is 0.237. The monoisotopic (exact) mass is 293 g/mol. The Bertz CT molecular complexity index is 527. The number of rotatable bonds is 3. The van der Waals surface area contributed by atoms with Gasteiger partial charge in [-0.2, -0.15) is 0 Å². The van der Waals surface area contributed by atoms with Crippen LogP contribution in [0.3, 0.4) is 0 Å². The third-order valence-electron chi connectivity index (χ3n) is 3.25. The summed E-state index contributed by atoms with van der Waals surface area (Å²) >= 11 is 3.51. The molecule has 17 heavy (non-hydrogen) atoms. The Morgan fingerprint density at radius 1 is 1.35 bits per heavy atom. The van der Waals surface area contributed by atoms with Gasteiger partial charge in [-0.3, -0.25) is 4.98 Å². The molecule has 1 aromatic heterocycles. The van der Waals surface area contributed by atoms with Crippen LogP contribution in [0.2, 0.25) is 0 Å². The van der Waals surface area contributed by atoms with E-state index in [9.17, 15) is 5.11 Å². The number of nitrogens with zero attached hydrogens (tertiary/aromatic N) is 1. The number of aliphatic hydroxyl groups is 1. The molecule has 0 amide bonds. The van der Waals surface area contributed by atoms with E-state index in [1.165, 1.54) is 0 Å². The maximum absolute atomic E-state index is 10.3. The van der Waals surface area contributed by atoms with Gasteiger partial charge in [-0.05, 0) is 18.1 Å². The molecule has 0 aliphatic rings. The van der Waals surface area contributed by atoms with Crippen LogP contribution >= 0.6 is 15.9 Å². The van der Waals surface area contributed by atoms with Gasteiger partial charge >= 0.3 is 0 Å². The summed E-state index contributed by atoms with van der Waals surface area (Å²) in [5, 5.41) is 11.4. The Morgan fingerprint density at radius 3 is 2.82 bits per heavy atom. The lowest BCUT2D eigenvalue weighted by Crippen LogP contribution is -2.09. The second kappa shape index (κ2) is 5.15. The number of pyridine rings is 1. The molecule has 0 radical (unpaired) electrons. The van der Waals surface area contributed by atoms with Crippen LogP contribution in [-0.4, -0.2) is 10.1 Å². The van der Waals surface area contributed by atoms with Gasteiger partial charge in [-0.25, -0.2) is 0 Å². The summed E-state index contributed by atoms with van der Waals surface area (Å²) < 4.78 is 1.01. The number of benzene rings is 1. The Kier molecular flexibility index (Phi) is 3.79. The summed E-state index contributed by atoms with van der Waals surface area (Å²) in [7, 11) is 0. The van der Waals surface area contributed by atoms with Gasteiger partial charge in [-0.1, -0.05) is 48.3 Å². The molecule has 2 nitrogen and oxygen atoms in total. The number of fused-ring (bicyclic) bond motifs is 1. The largest absolute Gasteiger partial charge is 0.388 e. The maximum atomic E-state index is 10.3. The lowest BCUT2D eigenvalue weighted by molar-refractivity contribution is 0.117. The van der Waals surface area contributed by atoms with Crippen LogP contribution in [0.15, 0.2) is 34.9 Å². The van der Waals surface area contributed by atoms with E-state index in [0.717, 1.165) is 27.4 Å². The van der Waals surface area contributed by atoms with E-state index in [0.29, 0.717) is 0 Å². The number of aromatic nitrogens is 1. The summed E-state index contributed by atoms with van der Waals surface area (Å²) in [5.41, 5.74) is 1.80. The van der Waals surface area contributed by atoms with Crippen LogP contribution in [0.5, 0.6) is 0 Å². The highest BCUT2D eigenvalue weighted by atomic mass is 79.9. The van der Waals surface area contributed by atoms with Crippen LogP contribution in [0.25, 0.3) is 10.9 Å². The zero-order chi connectivity index (χ0) is 12.4. The molecule has 2 rings (SSSR count). The fourth-order valence-corrected chi connectivity index (χ4v) is 2.38. The molecule has 0 saturated carbocycles. The molecule has 1 heterocycles. The van der Waals surface area contributed by atoms with Gasteiger partial charge in [0.2, 0.25) is 0 Å². The van der Waals surface area contributed by atoms with Gasteiger partial charge in [0.25, 0.3) is 0 Å². The van der Waals surface area contributed by atoms with Gasteiger partial charge in [-0.15, -0.1) is 0 Å². The summed E-state index contributed by atoms with van der Waals surface area (Å²) in [5.74, 6) is 0.237. The van der Waals surface area contributed by atoms with Crippen molar-refractivity contribution in [3.8, 4) is 0 Å².